The van der Waals surface area contributed by atoms with Gasteiger partial charge in [-0.3, -0.25) is 4.79 Å². The van der Waals surface area contributed by atoms with Crippen LogP contribution in [0.1, 0.15) is 5.56 Å². The molecule has 1 heterocycles. The Balaban J connectivity index is 1.65. The summed E-state index contributed by atoms with van der Waals surface area (Å²) in [7, 11) is 0. The Morgan fingerprint density at radius 2 is 2.00 bits per heavy atom. The maximum atomic E-state index is 13.5. The number of amides is 1. The summed E-state index contributed by atoms with van der Waals surface area (Å²) in [6.07, 6.45) is 1.59. The van der Waals surface area contributed by atoms with Gasteiger partial charge >= 0.3 is 0 Å². The van der Waals surface area contributed by atoms with Gasteiger partial charge in [-0.1, -0.05) is 18.2 Å². The first-order valence-electron chi connectivity index (χ1n) is 6.74. The molecule has 0 bridgehead atoms. The maximum Gasteiger partial charge on any atom is 0.240 e. The van der Waals surface area contributed by atoms with Crippen LogP contribution in [0.3, 0.4) is 0 Å². The Morgan fingerprint density at radius 3 is 2.82 bits per heavy atom. The van der Waals surface area contributed by atoms with Gasteiger partial charge in [0.05, 0.1) is 17.4 Å². The zero-order valence-electron chi connectivity index (χ0n) is 11.6. The number of carbonyl (C=O) groups is 1. The van der Waals surface area contributed by atoms with E-state index >= 15 is 0 Å². The second-order valence-corrected chi connectivity index (χ2v) is 4.87. The summed E-state index contributed by atoms with van der Waals surface area (Å²) in [6.45, 7) is 0.0981. The third-order valence-electron chi connectivity index (χ3n) is 3.33. The molecule has 1 aromatic heterocycles. The molecule has 0 atom stereocenters. The van der Waals surface area contributed by atoms with Crippen LogP contribution in [0.15, 0.2) is 48.8 Å². The molecule has 4 nitrogen and oxygen atoms in total. The van der Waals surface area contributed by atoms with E-state index in [0.29, 0.717) is 0 Å². The lowest BCUT2D eigenvalue weighted by atomic mass is 10.2. The normalized spacial score (nSPS) is 10.8. The average molecular weight is 301 g/mol. The third kappa shape index (κ3) is 2.95. The topological polar surface area (TPSA) is 46.9 Å². The fourth-order valence-corrected chi connectivity index (χ4v) is 2.21. The SMILES string of the molecule is O=C(Cn1cnc2ccccc21)NCc1ccc(F)cc1F. The molecule has 3 rings (SSSR count). The van der Waals surface area contributed by atoms with E-state index in [1.165, 1.54) is 6.07 Å². The first kappa shape index (κ1) is 14.2. The third-order valence-corrected chi connectivity index (χ3v) is 3.33. The van der Waals surface area contributed by atoms with E-state index in [2.05, 4.69) is 10.3 Å². The van der Waals surface area contributed by atoms with Gasteiger partial charge in [0.25, 0.3) is 0 Å². The van der Waals surface area contributed by atoms with E-state index in [-0.39, 0.29) is 24.6 Å². The first-order chi connectivity index (χ1) is 10.6. The van der Waals surface area contributed by atoms with Crippen LogP contribution < -0.4 is 5.32 Å². The number of imidazole rings is 1. The molecule has 3 aromatic rings. The van der Waals surface area contributed by atoms with Gasteiger partial charge in [-0.2, -0.15) is 0 Å². The van der Waals surface area contributed by atoms with Crippen LogP contribution in [0.25, 0.3) is 11.0 Å². The Morgan fingerprint density at radius 1 is 1.18 bits per heavy atom. The number of hydrogen-bond acceptors (Lipinski definition) is 2. The minimum Gasteiger partial charge on any atom is -0.350 e. The summed E-state index contributed by atoms with van der Waals surface area (Å²) >= 11 is 0. The summed E-state index contributed by atoms with van der Waals surface area (Å²) in [4.78, 5) is 16.1. The zero-order chi connectivity index (χ0) is 15.5. The Kier molecular flexibility index (Phi) is 3.82. The summed E-state index contributed by atoms with van der Waals surface area (Å²) < 4.78 is 28.0. The van der Waals surface area contributed by atoms with Gasteiger partial charge < -0.3 is 9.88 Å². The minimum atomic E-state index is -0.673. The van der Waals surface area contributed by atoms with Crippen molar-refractivity contribution in [1.29, 1.82) is 0 Å². The van der Waals surface area contributed by atoms with Crippen LogP contribution in [0, 0.1) is 11.6 Å². The molecule has 0 unspecified atom stereocenters. The summed E-state index contributed by atoms with van der Waals surface area (Å²) in [6, 6.07) is 10.7. The highest BCUT2D eigenvalue weighted by atomic mass is 19.1. The van der Waals surface area contributed by atoms with Crippen molar-refractivity contribution in [1.82, 2.24) is 14.9 Å². The number of carbonyl (C=O) groups excluding carboxylic acids is 1. The highest BCUT2D eigenvalue weighted by molar-refractivity contribution is 5.80. The lowest BCUT2D eigenvalue weighted by Gasteiger charge is -2.07. The highest BCUT2D eigenvalue weighted by Gasteiger charge is 2.08. The highest BCUT2D eigenvalue weighted by Crippen LogP contribution is 2.12. The second-order valence-electron chi connectivity index (χ2n) is 4.87. The number of hydrogen-bond donors (Lipinski definition) is 1. The lowest BCUT2D eigenvalue weighted by Crippen LogP contribution is -2.27. The average Bonchev–Trinajstić information content (AvgIpc) is 2.90. The van der Waals surface area contributed by atoms with Crippen molar-refractivity contribution >= 4 is 16.9 Å². The van der Waals surface area contributed by atoms with Crippen molar-refractivity contribution in [2.24, 2.45) is 0 Å². The number of halogens is 2. The van der Waals surface area contributed by atoms with Crippen molar-refractivity contribution in [2.45, 2.75) is 13.1 Å². The number of fused-ring (bicyclic) bond motifs is 1. The van der Waals surface area contributed by atoms with E-state index in [0.717, 1.165) is 23.2 Å². The van der Waals surface area contributed by atoms with E-state index in [1.54, 1.807) is 10.9 Å². The molecule has 0 saturated carbocycles. The van der Waals surface area contributed by atoms with Gasteiger partial charge in [0.2, 0.25) is 5.91 Å². The lowest BCUT2D eigenvalue weighted by molar-refractivity contribution is -0.121. The molecule has 0 aliphatic carbocycles. The number of benzene rings is 2. The zero-order valence-corrected chi connectivity index (χ0v) is 11.6. The molecule has 6 heteroatoms. The Labute approximate surface area is 125 Å². The smallest absolute Gasteiger partial charge is 0.240 e. The van der Waals surface area contributed by atoms with Crippen LogP contribution in [0.2, 0.25) is 0 Å². The predicted molar refractivity (Wildman–Crippen MR) is 77.9 cm³/mol. The number of rotatable bonds is 4. The molecule has 112 valence electrons. The van der Waals surface area contributed by atoms with E-state index in [9.17, 15) is 13.6 Å². The number of aromatic nitrogens is 2. The number of nitrogens with zero attached hydrogens (tertiary/aromatic N) is 2. The van der Waals surface area contributed by atoms with Gasteiger partial charge in [0, 0.05) is 18.2 Å². The Bertz CT molecular complexity index is 829. The van der Waals surface area contributed by atoms with Gasteiger partial charge in [0.1, 0.15) is 18.2 Å². The van der Waals surface area contributed by atoms with Crippen LogP contribution in [-0.2, 0) is 17.9 Å². The molecular formula is C16H13F2N3O. The van der Waals surface area contributed by atoms with Gasteiger partial charge in [-0.15, -0.1) is 0 Å². The maximum absolute atomic E-state index is 13.5. The predicted octanol–water partition coefficient (Wildman–Crippen LogP) is 2.63. The first-order valence-corrected chi connectivity index (χ1v) is 6.74. The minimum absolute atomic E-state index is 0.0115. The monoisotopic (exact) mass is 301 g/mol. The van der Waals surface area contributed by atoms with Gasteiger partial charge in [0.15, 0.2) is 0 Å². The summed E-state index contributed by atoms with van der Waals surface area (Å²) in [5, 5.41) is 2.61. The van der Waals surface area contributed by atoms with Crippen molar-refractivity contribution in [3.05, 3.63) is 66.0 Å². The number of para-hydroxylation sites is 2. The molecule has 0 fully saturated rings. The van der Waals surface area contributed by atoms with Crippen molar-refractivity contribution in [3.8, 4) is 0 Å². The molecule has 1 N–H and O–H groups in total. The largest absolute Gasteiger partial charge is 0.350 e. The standard InChI is InChI=1S/C16H13F2N3O/c17-12-6-5-11(13(18)7-12)8-19-16(22)9-21-10-20-14-3-1-2-4-15(14)21/h1-7,10H,8-9H2,(H,19,22). The van der Waals surface area contributed by atoms with Crippen molar-refractivity contribution in [3.63, 3.8) is 0 Å². The Hall–Kier alpha value is -2.76. The van der Waals surface area contributed by atoms with Crippen LogP contribution in [-0.4, -0.2) is 15.5 Å². The van der Waals surface area contributed by atoms with E-state index in [1.807, 2.05) is 24.3 Å². The molecule has 0 aliphatic rings. The van der Waals surface area contributed by atoms with Crippen molar-refractivity contribution in [2.75, 3.05) is 0 Å². The molecule has 2 aromatic carbocycles. The molecule has 1 amide bonds. The number of nitrogens with one attached hydrogen (secondary N) is 1. The van der Waals surface area contributed by atoms with Gasteiger partial charge in [-0.25, -0.2) is 13.8 Å². The summed E-state index contributed by atoms with van der Waals surface area (Å²) in [5.41, 5.74) is 1.90. The summed E-state index contributed by atoms with van der Waals surface area (Å²) in [5.74, 6) is -1.59. The molecule has 0 spiro atoms. The fourth-order valence-electron chi connectivity index (χ4n) is 2.21. The van der Waals surface area contributed by atoms with Crippen LogP contribution in [0.5, 0.6) is 0 Å². The molecule has 0 aliphatic heterocycles. The molecule has 0 saturated heterocycles. The van der Waals surface area contributed by atoms with Crippen LogP contribution >= 0.6 is 0 Å². The quantitative estimate of drug-likeness (QED) is 0.805. The van der Waals surface area contributed by atoms with E-state index in [4.69, 9.17) is 0 Å². The van der Waals surface area contributed by atoms with Crippen molar-refractivity contribution < 1.29 is 13.6 Å². The fraction of sp³-hybridized carbons (Fsp3) is 0.125. The van der Waals surface area contributed by atoms with Crippen LogP contribution in [0.4, 0.5) is 8.78 Å². The van der Waals surface area contributed by atoms with Gasteiger partial charge in [-0.05, 0) is 18.2 Å². The molecule has 0 radical (unpaired) electrons. The second kappa shape index (κ2) is 5.93. The molecule has 22 heavy (non-hydrogen) atoms. The van der Waals surface area contributed by atoms with E-state index < -0.39 is 11.6 Å². The molecular weight excluding hydrogens is 288 g/mol.